The van der Waals surface area contributed by atoms with Crippen molar-refractivity contribution in [3.05, 3.63) is 0 Å². The van der Waals surface area contributed by atoms with Gasteiger partial charge in [-0.25, -0.2) is 9.59 Å². The minimum atomic E-state index is -1.74. The molecule has 0 aliphatic carbocycles. The number of esters is 2. The number of cyclic esters (lactones) is 2. The fourth-order valence-electron chi connectivity index (χ4n) is 8.76. The maximum atomic E-state index is 14.1. The number of aliphatic hydroxyl groups excluding tert-OH is 2. The Morgan fingerprint density at radius 2 is 1.59 bits per heavy atom. The molecular formula is C38H64N2O16. The molecule has 18 heteroatoms. The van der Waals surface area contributed by atoms with Crippen molar-refractivity contribution >= 4 is 24.2 Å². The zero-order chi connectivity index (χ0) is 42.1. The number of methoxy groups -OCH3 is 1. The van der Waals surface area contributed by atoms with Gasteiger partial charge in [0, 0.05) is 31.9 Å². The second-order valence-corrected chi connectivity index (χ2v) is 16.7. The van der Waals surface area contributed by atoms with Crippen LogP contribution in [-0.2, 0) is 57.0 Å². The molecule has 4 N–H and O–H groups in total. The molecular weight excluding hydrogens is 740 g/mol. The number of hydrogen-bond donors (Lipinski definition) is 3. The molecule has 4 fully saturated rings. The lowest BCUT2D eigenvalue weighted by molar-refractivity contribution is -0.314. The molecule has 0 bridgehead atoms. The van der Waals surface area contributed by atoms with Crippen LogP contribution in [0.2, 0.25) is 0 Å². The molecule has 4 rings (SSSR count). The van der Waals surface area contributed by atoms with Gasteiger partial charge in [0.1, 0.15) is 36.1 Å². The average molecular weight is 805 g/mol. The number of primary amides is 1. The Bertz CT molecular complexity index is 1400. The molecule has 0 radical (unpaired) electrons. The largest absolute Gasteiger partial charge is 0.509 e. The second kappa shape index (κ2) is 18.0. The highest BCUT2D eigenvalue weighted by Gasteiger charge is 2.59. The molecule has 4 saturated heterocycles. The Labute approximate surface area is 329 Å². The van der Waals surface area contributed by atoms with Crippen molar-refractivity contribution in [2.75, 3.05) is 21.2 Å². The fourth-order valence-corrected chi connectivity index (χ4v) is 8.76. The first-order valence-corrected chi connectivity index (χ1v) is 19.5. The van der Waals surface area contributed by atoms with Crippen molar-refractivity contribution < 1.29 is 76.8 Å². The third-order valence-electron chi connectivity index (χ3n) is 11.9. The molecule has 1 unspecified atom stereocenters. The molecule has 17 atom stereocenters. The first-order valence-electron chi connectivity index (χ1n) is 19.5. The first kappa shape index (κ1) is 45.9. The number of aliphatic hydroxyl groups is 2. The van der Waals surface area contributed by atoms with Gasteiger partial charge in [0.05, 0.1) is 36.3 Å². The Balaban J connectivity index is 1.87. The first-order chi connectivity index (χ1) is 26.0. The zero-order valence-corrected chi connectivity index (χ0v) is 34.8. The van der Waals surface area contributed by atoms with Gasteiger partial charge in [0.25, 0.3) is 0 Å². The van der Waals surface area contributed by atoms with Gasteiger partial charge < -0.3 is 68.2 Å². The van der Waals surface area contributed by atoms with E-state index in [0.29, 0.717) is 6.42 Å². The number of amides is 1. The monoisotopic (exact) mass is 804 g/mol. The van der Waals surface area contributed by atoms with E-state index in [-0.39, 0.29) is 31.4 Å². The number of rotatable bonds is 8. The molecule has 1 amide bonds. The van der Waals surface area contributed by atoms with Gasteiger partial charge in [-0.15, -0.1) is 0 Å². The molecule has 0 aromatic carbocycles. The molecule has 18 nitrogen and oxygen atoms in total. The van der Waals surface area contributed by atoms with Crippen LogP contribution < -0.4 is 5.73 Å². The number of likely N-dealkylation sites (N-methyl/N-ethyl adjacent to an activating group) is 1. The van der Waals surface area contributed by atoms with Gasteiger partial charge in [-0.3, -0.25) is 9.59 Å². The van der Waals surface area contributed by atoms with Crippen LogP contribution in [0, 0.1) is 11.8 Å². The Kier molecular flexibility index (Phi) is 14.7. The summed E-state index contributed by atoms with van der Waals surface area (Å²) in [6.07, 6.45) is -13.4. The topological polar surface area (TPSA) is 230 Å². The quantitative estimate of drug-likeness (QED) is 0.236. The van der Waals surface area contributed by atoms with Crippen LogP contribution in [0.25, 0.3) is 0 Å². The minimum absolute atomic E-state index is 0.0514. The van der Waals surface area contributed by atoms with Crippen molar-refractivity contribution in [1.29, 1.82) is 0 Å². The number of hydrogen-bond acceptors (Lipinski definition) is 17. The van der Waals surface area contributed by atoms with Crippen molar-refractivity contribution in [2.24, 2.45) is 17.6 Å². The highest BCUT2D eigenvalue weighted by atomic mass is 16.8. The van der Waals surface area contributed by atoms with Crippen LogP contribution in [0.4, 0.5) is 9.59 Å². The molecule has 0 aromatic rings. The SMILES string of the molecule is CCC1OC(=O)C[C@H](O[C@H]2C[C@@](C)(OC)[C@@H](O)[C@H](C)O2)[C@H](C)[C@@H](O[C@@H]2O[C@H](C)C[C@H](N(C)C)[C@H]2O)[C@@](C)(OC(N)=O)C[C@@H](C)OC(=O)[C@@H](C)[C@H]2OC(=O)O[C@]12C. The Morgan fingerprint density at radius 1 is 0.929 bits per heavy atom. The van der Waals surface area contributed by atoms with Gasteiger partial charge in [0.2, 0.25) is 0 Å². The molecule has 56 heavy (non-hydrogen) atoms. The Morgan fingerprint density at radius 3 is 2.18 bits per heavy atom. The smallest absolute Gasteiger partial charge is 0.462 e. The molecule has 0 spiro atoms. The van der Waals surface area contributed by atoms with Crippen LogP contribution in [0.15, 0.2) is 0 Å². The van der Waals surface area contributed by atoms with E-state index in [0.717, 1.165) is 0 Å². The zero-order valence-electron chi connectivity index (χ0n) is 34.8. The van der Waals surface area contributed by atoms with Crippen molar-refractivity contribution in [3.63, 3.8) is 0 Å². The highest BCUT2D eigenvalue weighted by molar-refractivity contribution is 5.75. The van der Waals surface area contributed by atoms with Gasteiger partial charge in [-0.05, 0) is 75.4 Å². The Hall–Kier alpha value is -2.84. The van der Waals surface area contributed by atoms with E-state index >= 15 is 0 Å². The van der Waals surface area contributed by atoms with Gasteiger partial charge >= 0.3 is 24.2 Å². The third-order valence-corrected chi connectivity index (χ3v) is 11.9. The van der Waals surface area contributed by atoms with Crippen molar-refractivity contribution in [2.45, 2.75) is 185 Å². The van der Waals surface area contributed by atoms with E-state index < -0.39 is 121 Å². The number of fused-ring (bicyclic) bond motifs is 1. The molecule has 322 valence electrons. The van der Waals surface area contributed by atoms with Crippen LogP contribution in [0.5, 0.6) is 0 Å². The van der Waals surface area contributed by atoms with Crippen molar-refractivity contribution in [3.8, 4) is 0 Å². The summed E-state index contributed by atoms with van der Waals surface area (Å²) in [5.41, 5.74) is 1.27. The van der Waals surface area contributed by atoms with Crippen LogP contribution in [0.1, 0.15) is 94.4 Å². The highest BCUT2D eigenvalue weighted by Crippen LogP contribution is 2.42. The summed E-state index contributed by atoms with van der Waals surface area (Å²) in [5, 5.41) is 22.5. The van der Waals surface area contributed by atoms with E-state index in [4.69, 9.17) is 53.1 Å². The maximum absolute atomic E-state index is 14.1. The molecule has 0 saturated carbocycles. The van der Waals surface area contributed by atoms with E-state index in [1.165, 1.54) is 27.9 Å². The summed E-state index contributed by atoms with van der Waals surface area (Å²) in [6.45, 7) is 14.8. The van der Waals surface area contributed by atoms with Crippen LogP contribution >= 0.6 is 0 Å². The number of carbonyl (C=O) groups excluding carboxylic acids is 4. The number of nitrogens with two attached hydrogens (primary N) is 1. The molecule has 4 aliphatic rings. The lowest BCUT2D eigenvalue weighted by atomic mass is 9.81. The molecule has 4 aliphatic heterocycles. The predicted octanol–water partition coefficient (Wildman–Crippen LogP) is 2.55. The third kappa shape index (κ3) is 9.88. The van der Waals surface area contributed by atoms with E-state index in [1.54, 1.807) is 34.6 Å². The standard InChI is InChI=1S/C38H64N2O16/c1-13-25-38(9)31(54-35(46)56-38)21(5)32(44)48-19(3)16-37(8,55-34(39)45)30(53-33-28(42)23(40(10)11)14-18(2)49-33)20(4)24(15-26(41)52-25)51-27-17-36(7,47-12)29(43)22(6)50-27/h18-25,27-31,33,42-43H,13-17H2,1-12H3,(H2,39,45)/t18-,19-,20+,21+,22+,23+,24+,25?,27+,28-,29+,30-,31-,33+,36-,37+,38-/m1/s1. The summed E-state index contributed by atoms with van der Waals surface area (Å²) < 4.78 is 60.2. The van der Waals surface area contributed by atoms with Gasteiger partial charge in [-0.2, -0.15) is 0 Å². The van der Waals surface area contributed by atoms with E-state index in [1.807, 2.05) is 25.9 Å². The van der Waals surface area contributed by atoms with E-state index in [2.05, 4.69) is 0 Å². The summed E-state index contributed by atoms with van der Waals surface area (Å²) in [5.74, 6) is -3.57. The lowest BCUT2D eigenvalue weighted by Gasteiger charge is -2.48. The average Bonchev–Trinajstić information content (AvgIpc) is 3.41. The number of ether oxygens (including phenoxy) is 10. The fraction of sp³-hybridized carbons (Fsp3) is 0.895. The second-order valence-electron chi connectivity index (χ2n) is 16.7. The molecule has 0 aromatic heterocycles. The van der Waals surface area contributed by atoms with Crippen molar-refractivity contribution in [1.82, 2.24) is 4.90 Å². The van der Waals surface area contributed by atoms with E-state index in [9.17, 15) is 29.4 Å². The summed E-state index contributed by atoms with van der Waals surface area (Å²) >= 11 is 0. The number of nitrogens with zero attached hydrogens (tertiary/aromatic N) is 1. The summed E-state index contributed by atoms with van der Waals surface area (Å²) in [7, 11) is 5.11. The maximum Gasteiger partial charge on any atom is 0.509 e. The normalized spacial score (nSPS) is 45.7. The summed E-state index contributed by atoms with van der Waals surface area (Å²) in [6, 6.07) is -0.383. The van der Waals surface area contributed by atoms with Crippen LogP contribution in [0.3, 0.4) is 0 Å². The van der Waals surface area contributed by atoms with Gasteiger partial charge in [-0.1, -0.05) is 13.8 Å². The summed E-state index contributed by atoms with van der Waals surface area (Å²) in [4.78, 5) is 55.0. The molecule has 4 heterocycles. The number of carbonyl (C=O) groups is 4. The predicted molar refractivity (Wildman–Crippen MR) is 195 cm³/mol. The lowest BCUT2D eigenvalue weighted by Crippen LogP contribution is -2.60. The van der Waals surface area contributed by atoms with Crippen LogP contribution in [-0.4, -0.2) is 151 Å². The minimum Gasteiger partial charge on any atom is -0.462 e. The van der Waals surface area contributed by atoms with Gasteiger partial charge in [0.15, 0.2) is 24.3 Å².